The molecule has 1 aromatic carbocycles. The third-order valence-electron chi connectivity index (χ3n) is 5.96. The molecule has 22 heavy (non-hydrogen) atoms. The van der Waals surface area contributed by atoms with Gasteiger partial charge < -0.3 is 0 Å². The Balaban J connectivity index is 2.14. The summed E-state index contributed by atoms with van der Waals surface area (Å²) in [4.78, 5) is 11.4. The molecule has 0 aliphatic heterocycles. The largest absolute Gasteiger partial charge is 0.281 e. The number of carbonyl (C=O) groups is 1. The number of rotatable bonds is 2. The van der Waals surface area contributed by atoms with E-state index in [1.165, 1.54) is 41.5 Å². The van der Waals surface area contributed by atoms with Crippen LogP contribution in [0.3, 0.4) is 0 Å². The summed E-state index contributed by atoms with van der Waals surface area (Å²) in [6.45, 7) is 9.46. The molecule has 0 saturated heterocycles. The lowest BCUT2D eigenvalue weighted by molar-refractivity contribution is -0.112. The van der Waals surface area contributed by atoms with E-state index in [9.17, 15) is 4.79 Å². The van der Waals surface area contributed by atoms with E-state index in [0.29, 0.717) is 12.3 Å². The molecular weight excluding hydrogens is 292 g/mol. The van der Waals surface area contributed by atoms with Gasteiger partial charge in [0.15, 0.2) is 0 Å². The second-order valence-corrected chi connectivity index (χ2v) is 8.93. The van der Waals surface area contributed by atoms with Gasteiger partial charge in [-0.25, -0.2) is 0 Å². The number of aryl methyl sites for hydroxylation is 1. The molecule has 2 aliphatic rings. The number of fused-ring (bicyclic) bond motifs is 2. The molecule has 120 valence electrons. The lowest BCUT2D eigenvalue weighted by Gasteiger charge is -2.43. The van der Waals surface area contributed by atoms with Crippen molar-refractivity contribution in [3.63, 3.8) is 0 Å². The summed E-state index contributed by atoms with van der Waals surface area (Å²) in [5.74, 6) is 0.319. The monoisotopic (exact) mass is 318 g/mol. The Labute approximate surface area is 139 Å². The quantitative estimate of drug-likeness (QED) is 0.648. The van der Waals surface area contributed by atoms with Gasteiger partial charge >= 0.3 is 0 Å². The van der Waals surface area contributed by atoms with Gasteiger partial charge in [0.1, 0.15) is 0 Å². The summed E-state index contributed by atoms with van der Waals surface area (Å²) in [5, 5.41) is -0.199. The zero-order valence-corrected chi connectivity index (χ0v) is 15.0. The highest BCUT2D eigenvalue weighted by atomic mass is 35.5. The van der Waals surface area contributed by atoms with Crippen LogP contribution >= 0.6 is 11.6 Å². The number of halogens is 1. The Morgan fingerprint density at radius 2 is 1.73 bits per heavy atom. The second kappa shape index (κ2) is 5.37. The van der Waals surface area contributed by atoms with Crippen LogP contribution in [0.1, 0.15) is 88.0 Å². The number of carbonyl (C=O) groups excluding carboxylic acids is 1. The first-order valence-corrected chi connectivity index (χ1v) is 8.95. The van der Waals surface area contributed by atoms with Crippen molar-refractivity contribution in [2.24, 2.45) is 0 Å². The van der Waals surface area contributed by atoms with Crippen LogP contribution in [0.2, 0.25) is 0 Å². The van der Waals surface area contributed by atoms with E-state index >= 15 is 0 Å². The molecule has 2 heteroatoms. The van der Waals surface area contributed by atoms with E-state index in [1.54, 1.807) is 0 Å². The third-order valence-corrected chi connectivity index (χ3v) is 6.11. The lowest BCUT2D eigenvalue weighted by Crippen LogP contribution is -2.34. The zero-order chi connectivity index (χ0) is 16.1. The summed E-state index contributed by atoms with van der Waals surface area (Å²) < 4.78 is 0. The van der Waals surface area contributed by atoms with Gasteiger partial charge in [-0.15, -0.1) is 0 Å². The van der Waals surface area contributed by atoms with E-state index in [-0.39, 0.29) is 16.1 Å². The number of hydrogen-bond acceptors (Lipinski definition) is 1. The lowest BCUT2D eigenvalue weighted by atomic mass is 9.61. The summed E-state index contributed by atoms with van der Waals surface area (Å²) >= 11 is 5.68. The zero-order valence-electron chi connectivity index (χ0n) is 14.3. The molecule has 1 aromatic rings. The predicted octanol–water partition coefficient (Wildman–Crippen LogP) is 5.61. The van der Waals surface area contributed by atoms with Gasteiger partial charge in [-0.1, -0.05) is 39.8 Å². The first-order valence-electron chi connectivity index (χ1n) is 8.57. The molecule has 0 fully saturated rings. The Morgan fingerprint density at radius 1 is 1.14 bits per heavy atom. The fourth-order valence-corrected chi connectivity index (χ4v) is 4.56. The molecule has 3 rings (SSSR count). The van der Waals surface area contributed by atoms with Crippen molar-refractivity contribution in [3.05, 3.63) is 34.4 Å². The smallest absolute Gasteiger partial charge is 0.222 e. The minimum Gasteiger partial charge on any atom is -0.281 e. The first kappa shape index (κ1) is 16.1. The van der Waals surface area contributed by atoms with Crippen molar-refractivity contribution in [2.75, 3.05) is 0 Å². The van der Waals surface area contributed by atoms with E-state index in [0.717, 1.165) is 12.8 Å². The van der Waals surface area contributed by atoms with Crippen LogP contribution in [0.4, 0.5) is 0 Å². The Hall–Kier alpha value is -0.820. The molecule has 1 nitrogen and oxygen atoms in total. The molecular formula is C20H27ClO. The summed E-state index contributed by atoms with van der Waals surface area (Å²) in [6.07, 6.45) is 6.36. The van der Waals surface area contributed by atoms with Gasteiger partial charge in [0, 0.05) is 6.42 Å². The van der Waals surface area contributed by atoms with Crippen LogP contribution in [0.25, 0.3) is 0 Å². The maximum Gasteiger partial charge on any atom is 0.222 e. The first-order chi connectivity index (χ1) is 10.2. The van der Waals surface area contributed by atoms with Crippen LogP contribution in [0.15, 0.2) is 12.1 Å². The van der Waals surface area contributed by atoms with Crippen molar-refractivity contribution in [1.82, 2.24) is 0 Å². The van der Waals surface area contributed by atoms with Crippen molar-refractivity contribution >= 4 is 16.8 Å². The molecule has 0 spiro atoms. The van der Waals surface area contributed by atoms with Gasteiger partial charge in [-0.2, -0.15) is 0 Å². The Morgan fingerprint density at radius 3 is 2.32 bits per heavy atom. The van der Waals surface area contributed by atoms with Crippen LogP contribution in [0, 0.1) is 0 Å². The molecule has 2 aliphatic carbocycles. The summed E-state index contributed by atoms with van der Waals surface area (Å²) in [5.41, 5.74) is 6.36. The maximum atomic E-state index is 11.4. The molecule has 0 N–H and O–H groups in total. The SMILES string of the molecule is CC1(C)CCC(C)(C)c2cc3c(cc21)CCC[C@@H]3CC(=O)Cl. The van der Waals surface area contributed by atoms with Crippen LogP contribution in [-0.4, -0.2) is 5.24 Å². The van der Waals surface area contributed by atoms with Crippen molar-refractivity contribution in [2.45, 2.75) is 83.0 Å². The van der Waals surface area contributed by atoms with Crippen molar-refractivity contribution in [1.29, 1.82) is 0 Å². The van der Waals surface area contributed by atoms with Gasteiger partial charge in [0.25, 0.3) is 0 Å². The van der Waals surface area contributed by atoms with Crippen molar-refractivity contribution in [3.8, 4) is 0 Å². The predicted molar refractivity (Wildman–Crippen MR) is 92.9 cm³/mol. The molecule has 0 radical (unpaired) electrons. The van der Waals surface area contributed by atoms with E-state index in [2.05, 4.69) is 39.8 Å². The molecule has 0 unspecified atom stereocenters. The van der Waals surface area contributed by atoms with E-state index in [1.807, 2.05) is 0 Å². The summed E-state index contributed by atoms with van der Waals surface area (Å²) in [7, 11) is 0. The standard InChI is InChI=1S/C20H27ClO/c1-19(2)8-9-20(3,4)17-12-15-13(10-16(17)19)6-5-7-14(15)11-18(21)22/h10,12,14H,5-9,11H2,1-4H3/t14-/m1/s1. The third kappa shape index (κ3) is 2.73. The number of hydrogen-bond donors (Lipinski definition) is 0. The average molecular weight is 319 g/mol. The maximum absolute atomic E-state index is 11.4. The fraction of sp³-hybridized carbons (Fsp3) is 0.650. The van der Waals surface area contributed by atoms with Crippen molar-refractivity contribution < 1.29 is 4.79 Å². The molecule has 0 bridgehead atoms. The minimum absolute atomic E-state index is 0.199. The molecule has 0 aromatic heterocycles. The highest BCUT2D eigenvalue weighted by Gasteiger charge is 2.38. The summed E-state index contributed by atoms with van der Waals surface area (Å²) in [6, 6.07) is 4.88. The number of benzene rings is 1. The second-order valence-electron chi connectivity index (χ2n) is 8.51. The Bertz CT molecular complexity index is 612. The highest BCUT2D eigenvalue weighted by Crippen LogP contribution is 2.48. The highest BCUT2D eigenvalue weighted by molar-refractivity contribution is 6.63. The van der Waals surface area contributed by atoms with Crippen LogP contribution in [0.5, 0.6) is 0 Å². The van der Waals surface area contributed by atoms with Gasteiger partial charge in [0.05, 0.1) is 0 Å². The molecule has 0 saturated carbocycles. The average Bonchev–Trinajstić information content (AvgIpc) is 2.43. The normalized spacial score (nSPS) is 25.2. The topological polar surface area (TPSA) is 17.1 Å². The minimum atomic E-state index is -0.199. The van der Waals surface area contributed by atoms with Crippen LogP contribution in [-0.2, 0) is 22.0 Å². The van der Waals surface area contributed by atoms with Gasteiger partial charge in [-0.05, 0) is 82.7 Å². The van der Waals surface area contributed by atoms with Gasteiger partial charge in [0.2, 0.25) is 5.24 Å². The van der Waals surface area contributed by atoms with Crippen LogP contribution < -0.4 is 0 Å². The van der Waals surface area contributed by atoms with Gasteiger partial charge in [-0.3, -0.25) is 4.79 Å². The molecule has 0 amide bonds. The molecule has 1 atom stereocenters. The fourth-order valence-electron chi connectivity index (χ4n) is 4.37. The van der Waals surface area contributed by atoms with E-state index in [4.69, 9.17) is 11.6 Å². The Kier molecular flexibility index (Phi) is 3.92. The molecule has 0 heterocycles. The van der Waals surface area contributed by atoms with E-state index < -0.39 is 0 Å².